The Hall–Kier alpha value is -1.10. The first kappa shape index (κ1) is 14.3. The second kappa shape index (κ2) is 5.90. The van der Waals surface area contributed by atoms with Crippen LogP contribution in [0.4, 0.5) is 5.69 Å². The minimum absolute atomic E-state index is 0.115. The highest BCUT2D eigenvalue weighted by Crippen LogP contribution is 2.26. The summed E-state index contributed by atoms with van der Waals surface area (Å²) in [6, 6.07) is 4.97. The molecule has 1 N–H and O–H groups in total. The van der Waals surface area contributed by atoms with Crippen molar-refractivity contribution in [3.05, 3.63) is 43.8 Å². The molecule has 0 fully saturated rings. The summed E-state index contributed by atoms with van der Waals surface area (Å²) in [4.78, 5) is 17.2. The van der Waals surface area contributed by atoms with E-state index in [1.54, 1.807) is 18.2 Å². The summed E-state index contributed by atoms with van der Waals surface area (Å²) >= 11 is 13.3. The Morgan fingerprint density at radius 2 is 2.11 bits per heavy atom. The molecule has 0 aliphatic rings. The summed E-state index contributed by atoms with van der Waals surface area (Å²) in [6.45, 7) is 3.83. The molecule has 0 bridgehead atoms. The van der Waals surface area contributed by atoms with Gasteiger partial charge in [-0.25, -0.2) is 4.98 Å². The highest BCUT2D eigenvalue weighted by molar-refractivity contribution is 7.11. The summed E-state index contributed by atoms with van der Waals surface area (Å²) in [5.41, 5.74) is 1.47. The fourth-order valence-corrected chi connectivity index (χ4v) is 3.06. The Balaban J connectivity index is 2.07. The number of benzene rings is 1. The fourth-order valence-electron chi connectivity index (χ4n) is 1.67. The number of anilines is 1. The minimum Gasteiger partial charge on any atom is -0.324 e. The molecule has 2 aromatic rings. The maximum Gasteiger partial charge on any atom is 0.229 e. The molecular weight excluding hydrogens is 303 g/mol. The molecule has 6 heteroatoms. The topological polar surface area (TPSA) is 42.0 Å². The fraction of sp³-hybridized carbons (Fsp3) is 0.231. The van der Waals surface area contributed by atoms with E-state index in [1.807, 2.05) is 13.8 Å². The Morgan fingerprint density at radius 1 is 1.37 bits per heavy atom. The van der Waals surface area contributed by atoms with Crippen LogP contribution in [0.3, 0.4) is 0 Å². The van der Waals surface area contributed by atoms with Crippen LogP contribution in [0.2, 0.25) is 10.0 Å². The minimum atomic E-state index is -0.115. The van der Waals surface area contributed by atoms with Gasteiger partial charge in [0.15, 0.2) is 0 Å². The maximum absolute atomic E-state index is 12.0. The quantitative estimate of drug-likeness (QED) is 0.920. The van der Waals surface area contributed by atoms with Crippen LogP contribution in [0.15, 0.2) is 18.2 Å². The smallest absolute Gasteiger partial charge is 0.229 e. The highest BCUT2D eigenvalue weighted by atomic mass is 35.5. The van der Waals surface area contributed by atoms with E-state index in [2.05, 4.69) is 10.3 Å². The zero-order chi connectivity index (χ0) is 14.0. The number of nitrogens with zero attached hydrogens (tertiary/aromatic N) is 1. The van der Waals surface area contributed by atoms with E-state index >= 15 is 0 Å². The van der Waals surface area contributed by atoms with Crippen molar-refractivity contribution < 1.29 is 4.79 Å². The predicted molar refractivity (Wildman–Crippen MR) is 80.4 cm³/mol. The molecule has 3 nitrogen and oxygen atoms in total. The Bertz CT molecular complexity index is 625. The molecular formula is C13H12Cl2N2OS. The number of halogens is 2. The molecule has 1 amide bonds. The lowest BCUT2D eigenvalue weighted by Crippen LogP contribution is -2.14. The molecule has 0 unspecified atom stereocenters. The van der Waals surface area contributed by atoms with E-state index in [0.29, 0.717) is 22.2 Å². The second-order valence-electron chi connectivity index (χ2n) is 4.09. The summed E-state index contributed by atoms with van der Waals surface area (Å²) < 4.78 is 0. The molecule has 1 aromatic carbocycles. The summed E-state index contributed by atoms with van der Waals surface area (Å²) in [7, 11) is 0. The lowest BCUT2D eigenvalue weighted by molar-refractivity contribution is -0.115. The van der Waals surface area contributed by atoms with Gasteiger partial charge >= 0.3 is 0 Å². The van der Waals surface area contributed by atoms with Crippen molar-refractivity contribution in [1.29, 1.82) is 0 Å². The number of carbonyl (C=O) groups excluding carboxylic acids is 1. The third-order valence-corrected chi connectivity index (χ3v) is 4.15. The first-order valence-corrected chi connectivity index (χ1v) is 7.21. The Labute approximate surface area is 125 Å². The Kier molecular flexibility index (Phi) is 4.45. The number of amides is 1. The summed E-state index contributed by atoms with van der Waals surface area (Å²) in [5.74, 6) is -0.115. The first-order chi connectivity index (χ1) is 8.95. The number of carbonyl (C=O) groups is 1. The van der Waals surface area contributed by atoms with Gasteiger partial charge in [-0.3, -0.25) is 4.79 Å². The molecule has 0 radical (unpaired) electrons. The largest absolute Gasteiger partial charge is 0.324 e. The van der Waals surface area contributed by atoms with E-state index in [9.17, 15) is 4.79 Å². The van der Waals surface area contributed by atoms with E-state index < -0.39 is 0 Å². The molecule has 1 aromatic heterocycles. The third-order valence-electron chi connectivity index (χ3n) is 2.53. The van der Waals surface area contributed by atoms with Crippen molar-refractivity contribution >= 4 is 46.1 Å². The van der Waals surface area contributed by atoms with Crippen LogP contribution in [-0.2, 0) is 11.2 Å². The van der Waals surface area contributed by atoms with Crippen LogP contribution >= 0.6 is 34.5 Å². The van der Waals surface area contributed by atoms with Crippen molar-refractivity contribution in [3.8, 4) is 0 Å². The van der Waals surface area contributed by atoms with Gasteiger partial charge in [-0.05, 0) is 32.0 Å². The van der Waals surface area contributed by atoms with Gasteiger partial charge in [0, 0.05) is 9.90 Å². The predicted octanol–water partition coefficient (Wildman–Crippen LogP) is 4.25. The van der Waals surface area contributed by atoms with E-state index in [-0.39, 0.29) is 5.91 Å². The van der Waals surface area contributed by atoms with Crippen LogP contribution in [0, 0.1) is 13.8 Å². The molecule has 100 valence electrons. The molecule has 0 spiro atoms. The van der Waals surface area contributed by atoms with Gasteiger partial charge in [0.25, 0.3) is 0 Å². The SMILES string of the molecule is Cc1nc(C)c(CC(=O)Nc2ccc(Cl)cc2Cl)s1. The number of aryl methyl sites for hydroxylation is 2. The molecule has 2 rings (SSSR count). The molecule has 0 saturated heterocycles. The second-order valence-corrected chi connectivity index (χ2v) is 6.22. The van der Waals surface area contributed by atoms with Crippen LogP contribution < -0.4 is 5.32 Å². The molecule has 19 heavy (non-hydrogen) atoms. The van der Waals surface area contributed by atoms with Gasteiger partial charge in [-0.1, -0.05) is 23.2 Å². The zero-order valence-corrected chi connectivity index (χ0v) is 12.8. The average Bonchev–Trinajstić information content (AvgIpc) is 2.61. The third kappa shape index (κ3) is 3.69. The molecule has 1 heterocycles. The number of thiazole rings is 1. The van der Waals surface area contributed by atoms with Gasteiger partial charge in [0.1, 0.15) is 0 Å². The number of aromatic nitrogens is 1. The number of nitrogens with one attached hydrogen (secondary N) is 1. The molecule has 0 saturated carbocycles. The molecule has 0 atom stereocenters. The average molecular weight is 315 g/mol. The first-order valence-electron chi connectivity index (χ1n) is 5.63. The monoisotopic (exact) mass is 314 g/mol. The van der Waals surface area contributed by atoms with Gasteiger partial charge in [0.05, 0.1) is 27.8 Å². The number of hydrogen-bond donors (Lipinski definition) is 1. The normalized spacial score (nSPS) is 10.5. The van der Waals surface area contributed by atoms with E-state index in [4.69, 9.17) is 23.2 Å². The van der Waals surface area contributed by atoms with Crippen molar-refractivity contribution in [2.45, 2.75) is 20.3 Å². The van der Waals surface area contributed by atoms with Crippen LogP contribution in [0.25, 0.3) is 0 Å². The van der Waals surface area contributed by atoms with Gasteiger partial charge in [0.2, 0.25) is 5.91 Å². The van der Waals surface area contributed by atoms with Crippen molar-refractivity contribution in [2.24, 2.45) is 0 Å². The maximum atomic E-state index is 12.0. The van der Waals surface area contributed by atoms with Crippen molar-refractivity contribution in [3.63, 3.8) is 0 Å². The van der Waals surface area contributed by atoms with E-state index in [1.165, 1.54) is 11.3 Å². The van der Waals surface area contributed by atoms with Crippen molar-refractivity contribution in [2.75, 3.05) is 5.32 Å². The zero-order valence-electron chi connectivity index (χ0n) is 10.5. The van der Waals surface area contributed by atoms with Gasteiger partial charge < -0.3 is 5.32 Å². The summed E-state index contributed by atoms with van der Waals surface area (Å²) in [6.07, 6.45) is 0.302. The van der Waals surface area contributed by atoms with Crippen LogP contribution in [0.5, 0.6) is 0 Å². The number of hydrogen-bond acceptors (Lipinski definition) is 3. The molecule has 0 aliphatic heterocycles. The highest BCUT2D eigenvalue weighted by Gasteiger charge is 2.11. The lowest BCUT2D eigenvalue weighted by Gasteiger charge is -2.07. The van der Waals surface area contributed by atoms with Crippen LogP contribution in [0.1, 0.15) is 15.6 Å². The molecule has 0 aliphatic carbocycles. The number of rotatable bonds is 3. The van der Waals surface area contributed by atoms with E-state index in [0.717, 1.165) is 15.6 Å². The Morgan fingerprint density at radius 3 is 2.68 bits per heavy atom. The lowest BCUT2D eigenvalue weighted by atomic mass is 10.2. The van der Waals surface area contributed by atoms with Crippen molar-refractivity contribution in [1.82, 2.24) is 4.98 Å². The summed E-state index contributed by atoms with van der Waals surface area (Å²) in [5, 5.41) is 4.70. The standard InChI is InChI=1S/C13H12Cl2N2OS/c1-7-12(19-8(2)16-7)6-13(18)17-11-4-3-9(14)5-10(11)15/h3-5H,6H2,1-2H3,(H,17,18). The van der Waals surface area contributed by atoms with Gasteiger partial charge in [-0.2, -0.15) is 0 Å². The van der Waals surface area contributed by atoms with Crippen LogP contribution in [-0.4, -0.2) is 10.9 Å². The van der Waals surface area contributed by atoms with Gasteiger partial charge in [-0.15, -0.1) is 11.3 Å².